The Kier molecular flexibility index (Phi) is 5.36. The average molecular weight is 433 g/mol. The molecule has 0 N–H and O–H groups in total. The normalized spacial score (nSPS) is 18.3. The van der Waals surface area contributed by atoms with Gasteiger partial charge in [-0.1, -0.05) is 29.3 Å². The number of nitrogens with zero attached hydrogens (tertiary/aromatic N) is 6. The lowest BCUT2D eigenvalue weighted by Crippen LogP contribution is -2.51. The van der Waals surface area contributed by atoms with Crippen LogP contribution in [-0.4, -0.2) is 56.7 Å². The first-order valence-corrected chi connectivity index (χ1v) is 10.3. The van der Waals surface area contributed by atoms with Crippen molar-refractivity contribution in [3.8, 4) is 0 Å². The average Bonchev–Trinajstić information content (AvgIpc) is 3.03. The van der Waals surface area contributed by atoms with Crippen LogP contribution in [0.4, 0.5) is 5.82 Å². The molecular weight excluding hydrogens is 411 g/mol. The van der Waals surface area contributed by atoms with Gasteiger partial charge in [0, 0.05) is 35.7 Å². The molecule has 1 aliphatic rings. The zero-order chi connectivity index (χ0) is 20.7. The van der Waals surface area contributed by atoms with Gasteiger partial charge in [-0.25, -0.2) is 14.6 Å². The fourth-order valence-electron chi connectivity index (χ4n) is 3.77. The van der Waals surface area contributed by atoms with Gasteiger partial charge in [0.2, 0.25) is 6.41 Å². The molecule has 0 unspecified atom stereocenters. The third kappa shape index (κ3) is 3.65. The van der Waals surface area contributed by atoms with Crippen LogP contribution in [0.15, 0.2) is 24.4 Å². The maximum absolute atomic E-state index is 11.1. The quantitative estimate of drug-likeness (QED) is 0.587. The summed E-state index contributed by atoms with van der Waals surface area (Å²) in [5.41, 5.74) is 3.21. The molecule has 1 fully saturated rings. The molecule has 152 valence electrons. The Hall–Kier alpha value is -2.38. The first-order chi connectivity index (χ1) is 13.9. The number of carbonyl (C=O) groups excluding carboxylic acids is 1. The number of halogens is 2. The second-order valence-corrected chi connectivity index (χ2v) is 8.25. The highest BCUT2D eigenvalue weighted by Crippen LogP contribution is 2.31. The largest absolute Gasteiger partial charge is 0.351 e. The summed E-state index contributed by atoms with van der Waals surface area (Å²) in [6.07, 6.45) is 2.69. The van der Waals surface area contributed by atoms with E-state index < -0.39 is 0 Å². The van der Waals surface area contributed by atoms with E-state index in [0.29, 0.717) is 28.8 Å². The summed E-state index contributed by atoms with van der Waals surface area (Å²) < 4.78 is 1.86. The topological polar surface area (TPSA) is 67.2 Å². The van der Waals surface area contributed by atoms with Crippen LogP contribution in [0.2, 0.25) is 10.0 Å². The van der Waals surface area contributed by atoms with Crippen LogP contribution in [0.1, 0.15) is 31.1 Å². The second kappa shape index (κ2) is 7.80. The summed E-state index contributed by atoms with van der Waals surface area (Å²) >= 11 is 12.5. The monoisotopic (exact) mass is 432 g/mol. The zero-order valence-electron chi connectivity index (χ0n) is 16.5. The highest BCUT2D eigenvalue weighted by Gasteiger charge is 2.25. The summed E-state index contributed by atoms with van der Waals surface area (Å²) in [5, 5.41) is 5.87. The number of amides is 1. The van der Waals surface area contributed by atoms with Gasteiger partial charge < -0.3 is 9.80 Å². The lowest BCUT2D eigenvalue weighted by Gasteiger charge is -2.38. The molecule has 1 aliphatic heterocycles. The first kappa shape index (κ1) is 19.9. The van der Waals surface area contributed by atoms with E-state index in [0.717, 1.165) is 35.5 Å². The summed E-state index contributed by atoms with van der Waals surface area (Å²) in [7, 11) is 0. The molecule has 0 radical (unpaired) electrons. The van der Waals surface area contributed by atoms with Crippen molar-refractivity contribution < 1.29 is 4.79 Å². The maximum Gasteiger partial charge on any atom is 0.210 e. The number of piperazine rings is 1. The predicted octanol–water partition coefficient (Wildman–Crippen LogP) is 3.72. The maximum atomic E-state index is 11.1. The van der Waals surface area contributed by atoms with Gasteiger partial charge in [-0.05, 0) is 38.5 Å². The lowest BCUT2D eigenvalue weighted by molar-refractivity contribution is -0.120. The molecule has 29 heavy (non-hydrogen) atoms. The number of anilines is 1. The van der Waals surface area contributed by atoms with Crippen LogP contribution in [0.5, 0.6) is 0 Å². The minimum atomic E-state index is -0.133. The molecule has 1 saturated heterocycles. The van der Waals surface area contributed by atoms with Crippen molar-refractivity contribution >= 4 is 46.6 Å². The fraction of sp³-hybridized carbons (Fsp3) is 0.400. The van der Waals surface area contributed by atoms with Gasteiger partial charge >= 0.3 is 0 Å². The van der Waals surface area contributed by atoms with Gasteiger partial charge in [0.25, 0.3) is 0 Å². The molecule has 2 atom stereocenters. The standard InChI is InChI=1S/C20H22Cl2N6O/c1-12-10-26(6-7-27(12)11-29)18-9-23-19-13(2)25-28(20(19)24-18)14(3)16-5-4-15(21)8-17(16)22/h4-5,8-9,11-12,14H,6-7,10H2,1-3H3/t12-,14+/m0/s1. The molecule has 9 heteroatoms. The van der Waals surface area contributed by atoms with Crippen LogP contribution in [0.3, 0.4) is 0 Å². The van der Waals surface area contributed by atoms with Gasteiger partial charge in [0.1, 0.15) is 11.3 Å². The van der Waals surface area contributed by atoms with E-state index in [1.807, 2.05) is 42.5 Å². The van der Waals surface area contributed by atoms with E-state index in [9.17, 15) is 4.79 Å². The van der Waals surface area contributed by atoms with Crippen molar-refractivity contribution in [3.63, 3.8) is 0 Å². The molecule has 7 nitrogen and oxygen atoms in total. The Morgan fingerprint density at radius 3 is 2.76 bits per heavy atom. The van der Waals surface area contributed by atoms with Crippen molar-refractivity contribution in [2.45, 2.75) is 32.9 Å². The third-order valence-electron chi connectivity index (χ3n) is 5.48. The smallest absolute Gasteiger partial charge is 0.210 e. The highest BCUT2D eigenvalue weighted by atomic mass is 35.5. The molecular formula is C20H22Cl2N6O. The van der Waals surface area contributed by atoms with Crippen LogP contribution in [0, 0.1) is 6.92 Å². The number of rotatable bonds is 4. The lowest BCUT2D eigenvalue weighted by atomic mass is 10.1. The van der Waals surface area contributed by atoms with E-state index in [1.165, 1.54) is 0 Å². The summed E-state index contributed by atoms with van der Waals surface area (Å²) in [5.74, 6) is 0.783. The van der Waals surface area contributed by atoms with E-state index in [2.05, 4.69) is 15.0 Å². The molecule has 0 bridgehead atoms. The molecule has 0 saturated carbocycles. The number of carbonyl (C=O) groups is 1. The number of aromatic nitrogens is 4. The van der Waals surface area contributed by atoms with Crippen LogP contribution < -0.4 is 4.90 Å². The third-order valence-corrected chi connectivity index (χ3v) is 6.04. The highest BCUT2D eigenvalue weighted by molar-refractivity contribution is 6.35. The molecule has 1 amide bonds. The van der Waals surface area contributed by atoms with Crippen molar-refractivity contribution in [1.82, 2.24) is 24.6 Å². The van der Waals surface area contributed by atoms with Gasteiger partial charge in [0.15, 0.2) is 5.65 Å². The number of fused-ring (bicyclic) bond motifs is 1. The van der Waals surface area contributed by atoms with Gasteiger partial charge in [-0.2, -0.15) is 5.10 Å². The predicted molar refractivity (Wildman–Crippen MR) is 115 cm³/mol. The van der Waals surface area contributed by atoms with Crippen LogP contribution in [-0.2, 0) is 4.79 Å². The Morgan fingerprint density at radius 1 is 1.28 bits per heavy atom. The number of hydrogen-bond donors (Lipinski definition) is 0. The second-order valence-electron chi connectivity index (χ2n) is 7.41. The fourth-order valence-corrected chi connectivity index (χ4v) is 4.34. The van der Waals surface area contributed by atoms with Gasteiger partial charge in [0.05, 0.1) is 17.9 Å². The van der Waals surface area contributed by atoms with E-state index in [4.69, 9.17) is 28.2 Å². The van der Waals surface area contributed by atoms with Crippen molar-refractivity contribution in [3.05, 3.63) is 45.7 Å². The minimum Gasteiger partial charge on any atom is -0.351 e. The van der Waals surface area contributed by atoms with Crippen LogP contribution in [0.25, 0.3) is 11.2 Å². The number of benzene rings is 1. The van der Waals surface area contributed by atoms with Gasteiger partial charge in [-0.3, -0.25) is 4.79 Å². The Labute approximate surface area is 179 Å². The minimum absolute atomic E-state index is 0.122. The number of aryl methyl sites for hydroxylation is 1. The molecule has 1 aromatic carbocycles. The van der Waals surface area contributed by atoms with E-state index >= 15 is 0 Å². The Morgan fingerprint density at radius 2 is 2.07 bits per heavy atom. The zero-order valence-corrected chi connectivity index (χ0v) is 18.0. The number of hydrogen-bond acceptors (Lipinski definition) is 5. The van der Waals surface area contributed by atoms with Crippen molar-refractivity contribution in [2.75, 3.05) is 24.5 Å². The summed E-state index contributed by atoms with van der Waals surface area (Å²) in [4.78, 5) is 24.6. The van der Waals surface area contributed by atoms with Crippen molar-refractivity contribution in [2.24, 2.45) is 0 Å². The molecule has 2 aromatic heterocycles. The molecule has 0 spiro atoms. The molecule has 0 aliphatic carbocycles. The Balaban J connectivity index is 1.72. The first-order valence-electron chi connectivity index (χ1n) is 9.52. The van der Waals surface area contributed by atoms with Crippen LogP contribution >= 0.6 is 23.2 Å². The Bertz CT molecular complexity index is 1070. The summed E-state index contributed by atoms with van der Waals surface area (Å²) in [6.45, 7) is 8.08. The molecule has 3 heterocycles. The van der Waals surface area contributed by atoms with E-state index in [1.54, 1.807) is 12.3 Å². The van der Waals surface area contributed by atoms with Crippen molar-refractivity contribution in [1.29, 1.82) is 0 Å². The summed E-state index contributed by atoms with van der Waals surface area (Å²) in [6, 6.07) is 5.46. The molecule has 4 rings (SSSR count). The van der Waals surface area contributed by atoms with Gasteiger partial charge in [-0.15, -0.1) is 0 Å². The SMILES string of the molecule is Cc1nn([C@H](C)c2ccc(Cl)cc2Cl)c2nc(N3CCN(C=O)[C@@H](C)C3)cnc12. The van der Waals surface area contributed by atoms with E-state index in [-0.39, 0.29) is 12.1 Å². The molecule has 3 aromatic rings.